The van der Waals surface area contributed by atoms with E-state index in [1.54, 1.807) is 0 Å². The highest BCUT2D eigenvalue weighted by Gasteiger charge is 2.25. The van der Waals surface area contributed by atoms with Crippen molar-refractivity contribution in [2.75, 3.05) is 20.1 Å². The second-order valence-corrected chi connectivity index (χ2v) is 4.20. The van der Waals surface area contributed by atoms with E-state index in [9.17, 15) is 4.57 Å². The third-order valence-electron chi connectivity index (χ3n) is 2.04. The van der Waals surface area contributed by atoms with Crippen molar-refractivity contribution in [3.63, 3.8) is 0 Å². The molecule has 0 spiro atoms. The van der Waals surface area contributed by atoms with Gasteiger partial charge in [-0.1, -0.05) is 0 Å². The first-order chi connectivity index (χ1) is 6.01. The summed E-state index contributed by atoms with van der Waals surface area (Å²) in [5.41, 5.74) is 2.97. The summed E-state index contributed by atoms with van der Waals surface area (Å²) >= 11 is 0. The average Bonchev–Trinajstić information content (AvgIpc) is 2.03. The molecule has 0 unspecified atom stereocenters. The maximum atomic E-state index is 10.5. The number of hydrogen-bond acceptors (Lipinski definition) is 4. The zero-order chi connectivity index (χ0) is 9.90. The molecule has 78 valence electrons. The van der Waals surface area contributed by atoms with E-state index in [0.717, 1.165) is 13.1 Å². The van der Waals surface area contributed by atoms with Crippen molar-refractivity contribution in [3.05, 3.63) is 0 Å². The number of phosphoric ester groups is 1. The molecule has 0 aromatic heterocycles. The third-order valence-corrected chi connectivity index (χ3v) is 2.62. The quantitative estimate of drug-likeness (QED) is 0.554. The van der Waals surface area contributed by atoms with E-state index >= 15 is 0 Å². The molecule has 0 amide bonds. The van der Waals surface area contributed by atoms with Gasteiger partial charge in [-0.2, -0.15) is 0 Å². The van der Waals surface area contributed by atoms with Gasteiger partial charge in [-0.3, -0.25) is 9.95 Å². The summed E-state index contributed by atoms with van der Waals surface area (Å²) in [6, 6.07) is 0. The van der Waals surface area contributed by atoms with Crippen LogP contribution in [0.5, 0.6) is 0 Å². The molecular weight excluding hydrogens is 195 g/mol. The minimum atomic E-state index is -4.30. The highest BCUT2D eigenvalue weighted by Crippen LogP contribution is 2.39. The van der Waals surface area contributed by atoms with Crippen LogP contribution in [0.2, 0.25) is 0 Å². The van der Waals surface area contributed by atoms with Gasteiger partial charge < -0.3 is 9.79 Å². The van der Waals surface area contributed by atoms with Gasteiger partial charge >= 0.3 is 7.82 Å². The zero-order valence-corrected chi connectivity index (χ0v) is 8.41. The predicted octanol–water partition coefficient (Wildman–Crippen LogP) is -0.306. The highest BCUT2D eigenvalue weighted by molar-refractivity contribution is 7.46. The third kappa shape index (κ3) is 4.17. The molecule has 1 fully saturated rings. The van der Waals surface area contributed by atoms with Crippen LogP contribution in [-0.2, 0) is 9.09 Å². The molecular formula is C6H15N2O4P. The molecule has 0 aromatic rings. The molecule has 1 saturated heterocycles. The van der Waals surface area contributed by atoms with E-state index in [2.05, 4.69) is 9.95 Å². The molecule has 13 heavy (non-hydrogen) atoms. The summed E-state index contributed by atoms with van der Waals surface area (Å²) in [5, 5.41) is 1.99. The van der Waals surface area contributed by atoms with Crippen LogP contribution in [0.15, 0.2) is 0 Å². The molecule has 0 saturated carbocycles. The smallest absolute Gasteiger partial charge is 0.303 e. The molecule has 0 aliphatic carbocycles. The molecule has 1 aliphatic heterocycles. The highest BCUT2D eigenvalue weighted by atomic mass is 31.2. The largest absolute Gasteiger partial charge is 0.469 e. The van der Waals surface area contributed by atoms with E-state index in [1.807, 2.05) is 12.1 Å². The van der Waals surface area contributed by atoms with E-state index in [4.69, 9.17) is 9.79 Å². The van der Waals surface area contributed by atoms with Gasteiger partial charge in [0.15, 0.2) is 0 Å². The van der Waals surface area contributed by atoms with Gasteiger partial charge in [0.25, 0.3) is 0 Å². The van der Waals surface area contributed by atoms with Gasteiger partial charge in [0.2, 0.25) is 0 Å². The van der Waals surface area contributed by atoms with Crippen LogP contribution >= 0.6 is 7.82 Å². The molecule has 0 atom stereocenters. The lowest BCUT2D eigenvalue weighted by atomic mass is 10.1. The SMILES string of the molecule is CNN1CCC(OP(=O)(O)O)CC1. The number of nitrogens with zero attached hydrogens (tertiary/aromatic N) is 1. The summed E-state index contributed by atoms with van der Waals surface area (Å²) in [6.07, 6.45) is 0.975. The van der Waals surface area contributed by atoms with E-state index in [-0.39, 0.29) is 6.10 Å². The topological polar surface area (TPSA) is 82.0 Å². The van der Waals surface area contributed by atoms with Gasteiger partial charge in [0.1, 0.15) is 0 Å². The van der Waals surface area contributed by atoms with Crippen LogP contribution in [0, 0.1) is 0 Å². The summed E-state index contributed by atoms with van der Waals surface area (Å²) in [5.74, 6) is 0. The van der Waals surface area contributed by atoms with Gasteiger partial charge in [-0.25, -0.2) is 9.57 Å². The van der Waals surface area contributed by atoms with Crippen LogP contribution in [0.25, 0.3) is 0 Å². The molecule has 0 bridgehead atoms. The first-order valence-electron chi connectivity index (χ1n) is 4.17. The van der Waals surface area contributed by atoms with Crippen LogP contribution in [0.4, 0.5) is 0 Å². The first-order valence-corrected chi connectivity index (χ1v) is 5.70. The minimum absolute atomic E-state index is 0.314. The Morgan fingerprint density at radius 3 is 2.38 bits per heavy atom. The molecule has 0 radical (unpaired) electrons. The number of nitrogens with one attached hydrogen (secondary N) is 1. The fourth-order valence-electron chi connectivity index (χ4n) is 1.38. The monoisotopic (exact) mass is 210 g/mol. The molecule has 6 nitrogen and oxygen atoms in total. The van der Waals surface area contributed by atoms with Crippen molar-refractivity contribution in [2.24, 2.45) is 0 Å². The van der Waals surface area contributed by atoms with Crippen LogP contribution in [0.1, 0.15) is 12.8 Å². The lowest BCUT2D eigenvalue weighted by molar-refractivity contribution is 0.0550. The fourth-order valence-corrected chi connectivity index (χ4v) is 1.98. The summed E-state index contributed by atoms with van der Waals surface area (Å²) in [6.45, 7) is 1.50. The van der Waals surface area contributed by atoms with Crippen molar-refractivity contribution in [2.45, 2.75) is 18.9 Å². The van der Waals surface area contributed by atoms with Gasteiger partial charge in [-0.15, -0.1) is 0 Å². The number of phosphoric acid groups is 1. The predicted molar refractivity (Wildman–Crippen MR) is 46.8 cm³/mol. The fraction of sp³-hybridized carbons (Fsp3) is 1.00. The Bertz CT molecular complexity index is 199. The van der Waals surface area contributed by atoms with Crippen molar-refractivity contribution >= 4 is 7.82 Å². The molecule has 1 heterocycles. The van der Waals surface area contributed by atoms with E-state index in [1.165, 1.54) is 0 Å². The normalized spacial score (nSPS) is 22.1. The Morgan fingerprint density at radius 2 is 2.00 bits per heavy atom. The lowest BCUT2D eigenvalue weighted by Gasteiger charge is -2.30. The number of hydrazine groups is 1. The van der Waals surface area contributed by atoms with Crippen molar-refractivity contribution in [3.8, 4) is 0 Å². The van der Waals surface area contributed by atoms with Crippen LogP contribution in [0.3, 0.4) is 0 Å². The van der Waals surface area contributed by atoms with Crippen molar-refractivity contribution < 1.29 is 18.9 Å². The van der Waals surface area contributed by atoms with E-state index < -0.39 is 7.82 Å². The van der Waals surface area contributed by atoms with Crippen LogP contribution < -0.4 is 5.43 Å². The maximum Gasteiger partial charge on any atom is 0.469 e. The summed E-state index contributed by atoms with van der Waals surface area (Å²) in [4.78, 5) is 17.1. The Morgan fingerprint density at radius 1 is 1.46 bits per heavy atom. The van der Waals surface area contributed by atoms with Crippen LogP contribution in [-0.4, -0.2) is 41.0 Å². The Balaban J connectivity index is 2.29. The number of hydrogen-bond donors (Lipinski definition) is 3. The average molecular weight is 210 g/mol. The van der Waals surface area contributed by atoms with Gasteiger partial charge in [0.05, 0.1) is 6.10 Å². The molecule has 7 heteroatoms. The van der Waals surface area contributed by atoms with Crippen molar-refractivity contribution in [1.29, 1.82) is 0 Å². The first kappa shape index (κ1) is 11.1. The minimum Gasteiger partial charge on any atom is -0.303 e. The lowest BCUT2D eigenvalue weighted by Crippen LogP contribution is -2.43. The summed E-state index contributed by atoms with van der Waals surface area (Å²) in [7, 11) is -2.48. The number of piperidine rings is 1. The Hall–Kier alpha value is 0.0300. The number of rotatable bonds is 3. The standard InChI is InChI=1S/C6H15N2O4P/c1-7-8-4-2-6(3-5-8)12-13(9,10)11/h6-7H,2-5H2,1H3,(H2,9,10,11). The molecule has 1 rings (SSSR count). The maximum absolute atomic E-state index is 10.5. The van der Waals surface area contributed by atoms with Gasteiger partial charge in [-0.05, 0) is 19.9 Å². The van der Waals surface area contributed by atoms with Crippen molar-refractivity contribution in [1.82, 2.24) is 10.4 Å². The molecule has 0 aromatic carbocycles. The molecule has 3 N–H and O–H groups in total. The Kier molecular flexibility index (Phi) is 3.85. The second-order valence-electron chi connectivity index (χ2n) is 3.01. The second kappa shape index (κ2) is 4.50. The molecule has 1 aliphatic rings. The van der Waals surface area contributed by atoms with Gasteiger partial charge in [0, 0.05) is 13.1 Å². The summed E-state index contributed by atoms with van der Waals surface area (Å²) < 4.78 is 15.1. The van der Waals surface area contributed by atoms with E-state index in [0.29, 0.717) is 12.8 Å². The zero-order valence-electron chi connectivity index (χ0n) is 7.51. The Labute approximate surface area is 77.1 Å².